The molecule has 2 heterocycles. The van der Waals surface area contributed by atoms with E-state index in [0.717, 1.165) is 24.1 Å². The fourth-order valence-electron chi connectivity index (χ4n) is 3.03. The van der Waals surface area contributed by atoms with E-state index >= 15 is 0 Å². The first-order valence-corrected chi connectivity index (χ1v) is 9.81. The van der Waals surface area contributed by atoms with E-state index in [1.165, 1.54) is 16.2 Å². The van der Waals surface area contributed by atoms with Gasteiger partial charge in [0.2, 0.25) is 5.91 Å². The molecule has 0 saturated heterocycles. The van der Waals surface area contributed by atoms with Crippen LogP contribution in [0.5, 0.6) is 5.75 Å². The third-order valence-corrected chi connectivity index (χ3v) is 4.85. The Bertz CT molecular complexity index is 770. The molecule has 0 radical (unpaired) electrons. The Morgan fingerprint density at radius 2 is 2.08 bits per heavy atom. The zero-order chi connectivity index (χ0) is 18.5. The number of carbonyl (C=O) groups is 2. The van der Waals surface area contributed by atoms with Gasteiger partial charge in [0.25, 0.3) is 5.91 Å². The van der Waals surface area contributed by atoms with Crippen LogP contribution in [-0.2, 0) is 9.59 Å². The summed E-state index contributed by atoms with van der Waals surface area (Å²) in [5, 5.41) is 1.95. The summed E-state index contributed by atoms with van der Waals surface area (Å²) in [4.78, 5) is 32.9. The summed E-state index contributed by atoms with van der Waals surface area (Å²) in [6, 6.07) is 5.63. The summed E-state index contributed by atoms with van der Waals surface area (Å²) in [6.45, 7) is 5.50. The van der Waals surface area contributed by atoms with Crippen LogP contribution in [0.4, 0.5) is 5.69 Å². The highest BCUT2D eigenvalue weighted by Crippen LogP contribution is 2.36. The van der Waals surface area contributed by atoms with Crippen molar-refractivity contribution in [3.05, 3.63) is 29.1 Å². The highest BCUT2D eigenvalue weighted by Gasteiger charge is 2.29. The maximum Gasteiger partial charge on any atom is 0.265 e. The van der Waals surface area contributed by atoms with E-state index in [4.69, 9.17) is 4.74 Å². The summed E-state index contributed by atoms with van der Waals surface area (Å²) in [6.07, 6.45) is 1.79. The number of fused-ring (bicyclic) bond motifs is 1. The van der Waals surface area contributed by atoms with Gasteiger partial charge in [-0.1, -0.05) is 13.8 Å². The molecule has 0 bridgehead atoms. The Labute approximate surface area is 157 Å². The quantitative estimate of drug-likeness (QED) is 0.748. The van der Waals surface area contributed by atoms with Crippen molar-refractivity contribution in [2.24, 2.45) is 0 Å². The van der Waals surface area contributed by atoms with Crippen LogP contribution in [0.3, 0.4) is 0 Å². The van der Waals surface area contributed by atoms with Gasteiger partial charge in [-0.3, -0.25) is 14.5 Å². The van der Waals surface area contributed by atoms with Crippen LogP contribution < -0.4 is 9.64 Å². The summed E-state index contributed by atoms with van der Waals surface area (Å²) in [5.74, 6) is 0.386. The number of hydrogen-bond acceptors (Lipinski definition) is 5. The van der Waals surface area contributed by atoms with Gasteiger partial charge in [-0.15, -0.1) is 11.3 Å². The molecule has 0 spiro atoms. The number of aromatic nitrogens is 1. The fraction of sp³-hybridized carbons (Fsp3) is 0.421. The zero-order valence-corrected chi connectivity index (χ0v) is 15.9. The summed E-state index contributed by atoms with van der Waals surface area (Å²) < 4.78 is 5.54. The second-order valence-corrected chi connectivity index (χ2v) is 6.92. The number of anilines is 1. The van der Waals surface area contributed by atoms with Crippen molar-refractivity contribution in [1.82, 2.24) is 9.88 Å². The number of benzene rings is 1. The summed E-state index contributed by atoms with van der Waals surface area (Å²) >= 11 is 1.51. The van der Waals surface area contributed by atoms with Gasteiger partial charge in [-0.2, -0.15) is 0 Å². The Hall–Kier alpha value is -2.41. The molecular formula is C19H23N3O3S. The Morgan fingerprint density at radius 1 is 1.31 bits per heavy atom. The SMILES string of the molecule is CCCN(CCC)C(=O)CN1C(=O)COc2ccc(-c3cscn3)cc21. The van der Waals surface area contributed by atoms with Crippen molar-refractivity contribution in [3.63, 3.8) is 0 Å². The molecule has 1 aliphatic heterocycles. The van der Waals surface area contributed by atoms with E-state index in [-0.39, 0.29) is 25.0 Å². The molecule has 2 aromatic rings. The number of thiazole rings is 1. The van der Waals surface area contributed by atoms with Crippen LogP contribution in [0.25, 0.3) is 11.3 Å². The van der Waals surface area contributed by atoms with Crippen molar-refractivity contribution < 1.29 is 14.3 Å². The molecule has 3 rings (SSSR count). The second kappa shape index (κ2) is 8.31. The first kappa shape index (κ1) is 18.4. The molecule has 0 saturated carbocycles. The molecule has 2 amide bonds. The highest BCUT2D eigenvalue weighted by molar-refractivity contribution is 7.07. The average molecular weight is 373 g/mol. The van der Waals surface area contributed by atoms with Gasteiger partial charge in [0.15, 0.2) is 6.61 Å². The number of nitrogens with zero attached hydrogens (tertiary/aromatic N) is 3. The smallest absolute Gasteiger partial charge is 0.265 e. The van der Waals surface area contributed by atoms with E-state index in [1.54, 1.807) is 5.51 Å². The normalized spacial score (nSPS) is 13.3. The van der Waals surface area contributed by atoms with Crippen LogP contribution in [0, 0.1) is 0 Å². The van der Waals surface area contributed by atoms with Gasteiger partial charge in [0, 0.05) is 24.0 Å². The van der Waals surface area contributed by atoms with E-state index in [9.17, 15) is 9.59 Å². The molecular weight excluding hydrogens is 350 g/mol. The third kappa shape index (κ3) is 3.88. The lowest BCUT2D eigenvalue weighted by Crippen LogP contribution is -2.46. The van der Waals surface area contributed by atoms with Crippen LogP contribution in [0.2, 0.25) is 0 Å². The van der Waals surface area contributed by atoms with Gasteiger partial charge in [0.05, 0.1) is 16.9 Å². The second-order valence-electron chi connectivity index (χ2n) is 6.21. The molecule has 1 aromatic carbocycles. The minimum Gasteiger partial charge on any atom is -0.482 e. The standard InChI is InChI=1S/C19H23N3O3S/c1-3-7-21(8-4-2)18(23)10-22-16-9-14(15-12-26-13-20-15)5-6-17(16)25-11-19(22)24/h5-6,9,12-13H,3-4,7-8,10-11H2,1-2H3. The van der Waals surface area contributed by atoms with Gasteiger partial charge in [-0.25, -0.2) is 4.98 Å². The topological polar surface area (TPSA) is 62.7 Å². The molecule has 0 fully saturated rings. The number of rotatable bonds is 7. The van der Waals surface area contributed by atoms with Gasteiger partial charge >= 0.3 is 0 Å². The van der Waals surface area contributed by atoms with Crippen molar-refractivity contribution in [2.75, 3.05) is 31.1 Å². The first-order valence-electron chi connectivity index (χ1n) is 8.87. The Kier molecular flexibility index (Phi) is 5.88. The molecule has 1 aliphatic rings. The van der Waals surface area contributed by atoms with Gasteiger partial charge in [0.1, 0.15) is 12.3 Å². The van der Waals surface area contributed by atoms with Crippen LogP contribution in [0.1, 0.15) is 26.7 Å². The predicted molar refractivity (Wildman–Crippen MR) is 103 cm³/mol. The minimum absolute atomic E-state index is 0.0334. The number of amides is 2. The van der Waals surface area contributed by atoms with E-state index < -0.39 is 0 Å². The lowest BCUT2D eigenvalue weighted by atomic mass is 10.1. The molecule has 0 N–H and O–H groups in total. The van der Waals surface area contributed by atoms with E-state index in [1.807, 2.05) is 42.3 Å². The van der Waals surface area contributed by atoms with Gasteiger partial charge in [-0.05, 0) is 31.0 Å². The highest BCUT2D eigenvalue weighted by atomic mass is 32.1. The van der Waals surface area contributed by atoms with Crippen LogP contribution in [0.15, 0.2) is 29.1 Å². The maximum absolute atomic E-state index is 12.7. The number of carbonyl (C=O) groups excluding carboxylic acids is 2. The number of hydrogen-bond donors (Lipinski definition) is 0. The largest absolute Gasteiger partial charge is 0.482 e. The molecule has 26 heavy (non-hydrogen) atoms. The lowest BCUT2D eigenvalue weighted by molar-refractivity contribution is -0.132. The molecule has 0 unspecified atom stereocenters. The van der Waals surface area contributed by atoms with E-state index in [2.05, 4.69) is 4.98 Å². The van der Waals surface area contributed by atoms with Crippen LogP contribution in [-0.4, -0.2) is 47.9 Å². The number of ether oxygens (including phenoxy) is 1. The van der Waals surface area contributed by atoms with Crippen molar-refractivity contribution >= 4 is 28.8 Å². The molecule has 6 nitrogen and oxygen atoms in total. The fourth-order valence-corrected chi connectivity index (χ4v) is 3.59. The van der Waals surface area contributed by atoms with Crippen LogP contribution >= 0.6 is 11.3 Å². The summed E-state index contributed by atoms with van der Waals surface area (Å²) in [7, 11) is 0. The molecule has 0 aliphatic carbocycles. The maximum atomic E-state index is 12.7. The minimum atomic E-state index is -0.200. The first-order chi connectivity index (χ1) is 12.6. The zero-order valence-electron chi connectivity index (χ0n) is 15.1. The Morgan fingerprint density at radius 3 is 2.73 bits per heavy atom. The summed E-state index contributed by atoms with van der Waals surface area (Å²) in [5.41, 5.74) is 4.15. The van der Waals surface area contributed by atoms with Crippen molar-refractivity contribution in [3.8, 4) is 17.0 Å². The molecule has 7 heteroatoms. The monoisotopic (exact) mass is 373 g/mol. The van der Waals surface area contributed by atoms with Crippen molar-refractivity contribution in [2.45, 2.75) is 26.7 Å². The Balaban J connectivity index is 1.87. The van der Waals surface area contributed by atoms with Gasteiger partial charge < -0.3 is 9.64 Å². The molecule has 0 atom stereocenters. The lowest BCUT2D eigenvalue weighted by Gasteiger charge is -2.31. The third-order valence-electron chi connectivity index (χ3n) is 4.26. The van der Waals surface area contributed by atoms with E-state index in [0.29, 0.717) is 24.5 Å². The van der Waals surface area contributed by atoms with Crippen molar-refractivity contribution in [1.29, 1.82) is 0 Å². The molecule has 138 valence electrons. The predicted octanol–water partition coefficient (Wildman–Crippen LogP) is 3.18. The average Bonchev–Trinajstić information content (AvgIpc) is 3.18. The molecule has 1 aromatic heterocycles.